The zero-order valence-corrected chi connectivity index (χ0v) is 63.7. The van der Waals surface area contributed by atoms with E-state index in [1.807, 2.05) is 0 Å². The zero-order chi connectivity index (χ0) is 71.8. The average Bonchev–Trinajstić information content (AvgIpc) is 0.985. The van der Waals surface area contributed by atoms with E-state index < -0.39 is 97.5 Å². The summed E-state index contributed by atoms with van der Waals surface area (Å²) in [6, 6.07) is 0. The summed E-state index contributed by atoms with van der Waals surface area (Å²) in [7, 11) is -9.94. The quantitative estimate of drug-likeness (QED) is 0.0169. The van der Waals surface area contributed by atoms with Gasteiger partial charge in [-0.1, -0.05) is 286 Å². The van der Waals surface area contributed by atoms with Gasteiger partial charge in [0.2, 0.25) is 0 Å². The van der Waals surface area contributed by atoms with Crippen LogP contribution in [0.25, 0.3) is 0 Å². The van der Waals surface area contributed by atoms with Crippen molar-refractivity contribution in [1.82, 2.24) is 0 Å². The maximum atomic E-state index is 13.1. The number of esters is 4. The number of ether oxygens (including phenoxy) is 4. The summed E-state index contributed by atoms with van der Waals surface area (Å²) < 4.78 is 68.5. The van der Waals surface area contributed by atoms with E-state index in [4.69, 9.17) is 37.0 Å². The number of phosphoric acid groups is 2. The van der Waals surface area contributed by atoms with E-state index in [1.165, 1.54) is 64.2 Å². The number of hydrogen-bond donors (Lipinski definition) is 3. The van der Waals surface area contributed by atoms with Crippen LogP contribution in [0.4, 0.5) is 0 Å². The number of carbonyl (C=O) groups is 4. The number of phosphoric ester groups is 2. The second kappa shape index (κ2) is 71.6. The van der Waals surface area contributed by atoms with Gasteiger partial charge in [0.25, 0.3) is 0 Å². The molecule has 0 aliphatic heterocycles. The molecule has 0 aromatic heterocycles. The number of carbonyl (C=O) groups excluding carboxylic acids is 4. The van der Waals surface area contributed by atoms with Gasteiger partial charge in [0.15, 0.2) is 12.2 Å². The van der Waals surface area contributed by atoms with Crippen molar-refractivity contribution in [1.29, 1.82) is 0 Å². The molecule has 5 atom stereocenters. The number of aliphatic hydroxyl groups is 1. The van der Waals surface area contributed by atoms with Crippen LogP contribution < -0.4 is 0 Å². The highest BCUT2D eigenvalue weighted by Crippen LogP contribution is 2.45. The molecule has 0 saturated heterocycles. The summed E-state index contributed by atoms with van der Waals surface area (Å²) in [6.07, 6.45) is 72.8. The third-order valence-corrected chi connectivity index (χ3v) is 18.3. The fraction of sp³-hybridized carbons (Fsp3) is 0.772. The molecule has 17 nitrogen and oxygen atoms in total. The third-order valence-electron chi connectivity index (χ3n) is 16.4. The van der Waals surface area contributed by atoms with Gasteiger partial charge in [0.1, 0.15) is 19.3 Å². The molecule has 0 fully saturated rings. The van der Waals surface area contributed by atoms with Gasteiger partial charge in [0, 0.05) is 25.7 Å². The van der Waals surface area contributed by atoms with Gasteiger partial charge in [-0.05, 0) is 109 Å². The molecule has 0 amide bonds. The van der Waals surface area contributed by atoms with Crippen molar-refractivity contribution in [2.45, 2.75) is 354 Å². The van der Waals surface area contributed by atoms with E-state index in [1.54, 1.807) is 0 Å². The van der Waals surface area contributed by atoms with Gasteiger partial charge in [0.05, 0.1) is 26.4 Å². The molecule has 0 heterocycles. The summed E-state index contributed by atoms with van der Waals surface area (Å²) in [5.74, 6) is -2.18. The highest BCUT2D eigenvalue weighted by Gasteiger charge is 2.30. The first-order valence-electron chi connectivity index (χ1n) is 38.8. The van der Waals surface area contributed by atoms with Gasteiger partial charge in [-0.25, -0.2) is 9.13 Å². The molecular formula is C79H140O17P2. The molecule has 3 N–H and O–H groups in total. The Labute approximate surface area is 595 Å². The number of allylic oxidation sites excluding steroid dienone is 14. The molecule has 0 rings (SSSR count). The van der Waals surface area contributed by atoms with E-state index >= 15 is 0 Å². The molecule has 0 saturated carbocycles. The van der Waals surface area contributed by atoms with Gasteiger partial charge in [-0.2, -0.15) is 0 Å². The Morgan fingerprint density at radius 1 is 0.296 bits per heavy atom. The lowest BCUT2D eigenvalue weighted by molar-refractivity contribution is -0.161. The molecule has 0 aliphatic rings. The minimum Gasteiger partial charge on any atom is -0.462 e. The highest BCUT2D eigenvalue weighted by molar-refractivity contribution is 7.47. The molecule has 0 bridgehead atoms. The Morgan fingerprint density at radius 3 is 0.857 bits per heavy atom. The molecule has 19 heteroatoms. The first-order valence-corrected chi connectivity index (χ1v) is 41.8. The van der Waals surface area contributed by atoms with Crippen molar-refractivity contribution in [2.24, 2.45) is 0 Å². The fourth-order valence-corrected chi connectivity index (χ4v) is 12.0. The summed E-state index contributed by atoms with van der Waals surface area (Å²) in [4.78, 5) is 72.8. The number of hydrogen-bond acceptors (Lipinski definition) is 15. The Bertz CT molecular complexity index is 2190. The summed E-state index contributed by atoms with van der Waals surface area (Å²) in [5, 5.41) is 10.6. The van der Waals surface area contributed by atoms with Crippen LogP contribution in [0.15, 0.2) is 85.1 Å². The standard InChI is InChI=1S/C79H140O17P2/c1-5-9-13-17-21-25-29-32-34-36-38-41-44-47-51-55-59-63-76(81)89-69-74(95-78(83)65-61-57-53-49-43-28-24-20-16-12-8-4)71-93-97(85,86)91-67-73(80)68-92-98(87,88)94-72-75(96-79(84)66-62-58-54-50-46-40-31-27-23-19-15-11-7-3)70-90-77(82)64-60-56-52-48-45-42-39-37-35-33-30-26-22-18-14-10-6-2/h9-10,13-14,20-22,24-26,32-35,73-75,80H,5-8,11-12,15-19,23,27-31,36-72H2,1-4H3,(H,85,86)(H,87,88)/b13-9-,14-10-,24-20-,25-21-,26-22-,34-32-,35-33-. The minimum atomic E-state index is -4.97. The molecule has 0 aliphatic carbocycles. The normalized spacial score (nSPS) is 14.4. The molecule has 0 aromatic rings. The van der Waals surface area contributed by atoms with E-state index in [2.05, 4.69) is 113 Å². The van der Waals surface area contributed by atoms with Crippen LogP contribution in [0.3, 0.4) is 0 Å². The van der Waals surface area contributed by atoms with Crippen molar-refractivity contribution < 1.29 is 80.2 Å². The number of aliphatic hydroxyl groups excluding tert-OH is 1. The van der Waals surface area contributed by atoms with Crippen molar-refractivity contribution in [2.75, 3.05) is 39.6 Å². The lowest BCUT2D eigenvalue weighted by Crippen LogP contribution is -2.30. The average molecular weight is 1420 g/mol. The minimum absolute atomic E-state index is 0.0839. The monoisotopic (exact) mass is 1420 g/mol. The SMILES string of the molecule is CC/C=C\C/C=C\C/C=C\CCCCCCCCCC(=O)OCC(COP(=O)(O)OCC(O)COP(=O)(O)OCC(COC(=O)CCCCCCCCC/C=C\C/C=C\C/C=C\CC)OC(=O)CCCCCCCCCCCCCCC)OC(=O)CCCCCCC/C=C\CCCC. The van der Waals surface area contributed by atoms with Crippen LogP contribution in [0.1, 0.15) is 336 Å². The first kappa shape index (κ1) is 94.2. The predicted molar refractivity (Wildman–Crippen MR) is 399 cm³/mol. The summed E-state index contributed by atoms with van der Waals surface area (Å²) in [6.45, 7) is 4.62. The Balaban J connectivity index is 5.29. The maximum absolute atomic E-state index is 13.1. The maximum Gasteiger partial charge on any atom is 0.472 e. The fourth-order valence-electron chi connectivity index (χ4n) is 10.5. The van der Waals surface area contributed by atoms with Gasteiger partial charge >= 0.3 is 39.5 Å². The van der Waals surface area contributed by atoms with Crippen LogP contribution >= 0.6 is 15.6 Å². The smallest absolute Gasteiger partial charge is 0.462 e. The second-order valence-electron chi connectivity index (χ2n) is 25.9. The number of unbranched alkanes of at least 4 members (excludes halogenated alkanes) is 33. The Hall–Kier alpha value is -3.76. The molecule has 98 heavy (non-hydrogen) atoms. The largest absolute Gasteiger partial charge is 0.472 e. The van der Waals surface area contributed by atoms with E-state index in [9.17, 15) is 43.2 Å². The van der Waals surface area contributed by atoms with Crippen molar-refractivity contribution in [3.63, 3.8) is 0 Å². The Morgan fingerprint density at radius 2 is 0.541 bits per heavy atom. The van der Waals surface area contributed by atoms with Crippen molar-refractivity contribution >= 4 is 39.5 Å². The molecule has 0 spiro atoms. The van der Waals surface area contributed by atoms with E-state index in [0.29, 0.717) is 25.7 Å². The van der Waals surface area contributed by atoms with Crippen LogP contribution in [-0.2, 0) is 65.4 Å². The van der Waals surface area contributed by atoms with Gasteiger partial charge < -0.3 is 33.8 Å². The van der Waals surface area contributed by atoms with Crippen LogP contribution in [-0.4, -0.2) is 96.7 Å². The Kier molecular flexibility index (Phi) is 68.9. The molecule has 5 unspecified atom stereocenters. The molecule has 568 valence electrons. The van der Waals surface area contributed by atoms with E-state index in [-0.39, 0.29) is 25.7 Å². The summed E-state index contributed by atoms with van der Waals surface area (Å²) in [5.41, 5.74) is 0. The summed E-state index contributed by atoms with van der Waals surface area (Å²) >= 11 is 0. The van der Waals surface area contributed by atoms with Crippen molar-refractivity contribution in [3.05, 3.63) is 85.1 Å². The zero-order valence-electron chi connectivity index (χ0n) is 62.0. The van der Waals surface area contributed by atoms with Crippen LogP contribution in [0, 0.1) is 0 Å². The highest BCUT2D eigenvalue weighted by atomic mass is 31.2. The lowest BCUT2D eigenvalue weighted by atomic mass is 10.0. The molecule has 0 radical (unpaired) electrons. The van der Waals surface area contributed by atoms with Gasteiger partial charge in [-0.15, -0.1) is 0 Å². The third kappa shape index (κ3) is 70.7. The second-order valence-corrected chi connectivity index (χ2v) is 28.8. The topological polar surface area (TPSA) is 237 Å². The molecular weight excluding hydrogens is 1280 g/mol. The first-order chi connectivity index (χ1) is 47.7. The van der Waals surface area contributed by atoms with E-state index in [0.717, 1.165) is 193 Å². The van der Waals surface area contributed by atoms with Crippen molar-refractivity contribution in [3.8, 4) is 0 Å². The number of rotatable bonds is 73. The van der Waals surface area contributed by atoms with Crippen LogP contribution in [0.5, 0.6) is 0 Å². The lowest BCUT2D eigenvalue weighted by Gasteiger charge is -2.21. The predicted octanol–water partition coefficient (Wildman–Crippen LogP) is 22.2. The molecule has 0 aromatic carbocycles. The van der Waals surface area contributed by atoms with Gasteiger partial charge in [-0.3, -0.25) is 37.3 Å². The van der Waals surface area contributed by atoms with Crippen LogP contribution in [0.2, 0.25) is 0 Å².